The van der Waals surface area contributed by atoms with Gasteiger partial charge in [-0.3, -0.25) is 9.52 Å². The van der Waals surface area contributed by atoms with Gasteiger partial charge in [0.1, 0.15) is 11.0 Å². The van der Waals surface area contributed by atoms with E-state index in [2.05, 4.69) is 16.2 Å². The maximum absolute atomic E-state index is 14.2. The zero-order valence-electron chi connectivity index (χ0n) is 15.7. The summed E-state index contributed by atoms with van der Waals surface area (Å²) in [5.41, 5.74) is -1.73. The molecule has 1 aromatic carbocycles. The van der Waals surface area contributed by atoms with E-state index in [4.69, 9.17) is 18.0 Å². The number of nitrogens with one attached hydrogen (secondary N) is 2. The van der Waals surface area contributed by atoms with Crippen LogP contribution in [0.2, 0.25) is 5.15 Å². The molecule has 0 aliphatic heterocycles. The number of carbonyl (C=O) groups excluding carboxylic acids is 1. The number of amides is 1. The molecule has 164 valence electrons. The number of carbonyl (C=O) groups is 1. The first-order valence-electron chi connectivity index (χ1n) is 8.25. The normalized spacial score (nSPS) is 11.9. The van der Waals surface area contributed by atoms with E-state index in [1.54, 1.807) is 0 Å². The summed E-state index contributed by atoms with van der Waals surface area (Å²) in [6.45, 7) is -0.223. The molecule has 0 aliphatic rings. The number of hydrogen-bond donors (Lipinski definition) is 2. The van der Waals surface area contributed by atoms with E-state index in [0.717, 1.165) is 30.7 Å². The van der Waals surface area contributed by atoms with Crippen LogP contribution in [-0.2, 0) is 27.5 Å². The largest absolute Gasteiger partial charge is 0.417 e. The van der Waals surface area contributed by atoms with E-state index in [9.17, 15) is 30.8 Å². The van der Waals surface area contributed by atoms with Gasteiger partial charge in [0.25, 0.3) is 0 Å². The van der Waals surface area contributed by atoms with Crippen molar-refractivity contribution in [2.45, 2.75) is 12.7 Å². The maximum Gasteiger partial charge on any atom is 0.417 e. The van der Waals surface area contributed by atoms with Crippen LogP contribution in [0.5, 0.6) is 0 Å². The minimum atomic E-state index is -4.70. The van der Waals surface area contributed by atoms with Gasteiger partial charge in [0, 0.05) is 24.4 Å². The summed E-state index contributed by atoms with van der Waals surface area (Å²) < 4.78 is 78.0. The molecule has 0 saturated carbocycles. The fourth-order valence-corrected chi connectivity index (χ4v) is 3.14. The first-order chi connectivity index (χ1) is 14.3. The Morgan fingerprint density at radius 3 is 2.58 bits per heavy atom. The highest BCUT2D eigenvalue weighted by molar-refractivity contribution is 7.92. The number of sulfonamides is 1. The lowest BCUT2D eigenvalue weighted by Crippen LogP contribution is -2.21. The quantitative estimate of drug-likeness (QED) is 0.289. The molecule has 1 aromatic heterocycles. The lowest BCUT2D eigenvalue weighted by Gasteiger charge is -2.11. The molecule has 0 fully saturated rings. The van der Waals surface area contributed by atoms with Gasteiger partial charge in [-0.15, -0.1) is 6.42 Å². The number of alkyl halides is 3. The summed E-state index contributed by atoms with van der Waals surface area (Å²) in [4.78, 5) is 15.5. The number of rotatable bonds is 6. The van der Waals surface area contributed by atoms with Crippen LogP contribution in [-0.4, -0.2) is 25.6 Å². The molecular weight excluding hydrogens is 462 g/mol. The SMILES string of the molecule is C#Cc1cc(CNC(=O)/C=C/c2cnc(Cl)cc2C(F)(F)F)cc(F)c1NS(C)(=O)=O. The zero-order valence-corrected chi connectivity index (χ0v) is 17.3. The minimum absolute atomic E-state index is 0.0905. The third-order valence-corrected chi connectivity index (χ3v) is 4.46. The summed E-state index contributed by atoms with van der Waals surface area (Å²) in [6.07, 6.45) is 4.03. The van der Waals surface area contributed by atoms with Gasteiger partial charge in [-0.2, -0.15) is 13.2 Å². The molecule has 0 saturated heterocycles. The molecule has 31 heavy (non-hydrogen) atoms. The van der Waals surface area contributed by atoms with Crippen LogP contribution in [0.1, 0.15) is 22.3 Å². The molecule has 0 spiro atoms. The van der Waals surface area contributed by atoms with Crippen molar-refractivity contribution in [3.63, 3.8) is 0 Å². The second-order valence-corrected chi connectivity index (χ2v) is 8.30. The lowest BCUT2D eigenvalue weighted by atomic mass is 10.1. The first kappa shape index (κ1) is 24.2. The molecule has 12 heteroatoms. The van der Waals surface area contributed by atoms with Crippen molar-refractivity contribution in [2.75, 3.05) is 11.0 Å². The number of terminal acetylenes is 1. The Labute approximate surface area is 180 Å². The number of anilines is 1. The second-order valence-electron chi connectivity index (χ2n) is 6.16. The Kier molecular flexibility index (Phi) is 7.30. The van der Waals surface area contributed by atoms with Crippen molar-refractivity contribution >= 4 is 39.3 Å². The Balaban J connectivity index is 2.15. The molecular formula is C19H14ClF4N3O3S. The standard InChI is InChI=1S/C19H14ClF4N3O3S/c1-3-12-6-11(7-15(21)18(12)27-31(2,29)30)9-26-17(28)5-4-13-10-25-16(20)8-14(13)19(22,23)24/h1,4-8,10,27H,9H2,2H3,(H,26,28)/b5-4+. The average Bonchev–Trinajstić information content (AvgIpc) is 2.65. The van der Waals surface area contributed by atoms with Gasteiger partial charge in [-0.05, 0) is 29.8 Å². The van der Waals surface area contributed by atoms with Gasteiger partial charge >= 0.3 is 6.18 Å². The summed E-state index contributed by atoms with van der Waals surface area (Å²) in [6, 6.07) is 2.88. The molecule has 1 amide bonds. The monoisotopic (exact) mass is 475 g/mol. The maximum atomic E-state index is 14.2. The molecule has 0 bridgehead atoms. The summed E-state index contributed by atoms with van der Waals surface area (Å²) in [5, 5.41) is 2.00. The molecule has 0 radical (unpaired) electrons. The van der Waals surface area contributed by atoms with E-state index in [1.807, 2.05) is 4.72 Å². The van der Waals surface area contributed by atoms with Crippen molar-refractivity contribution in [3.8, 4) is 12.3 Å². The van der Waals surface area contributed by atoms with Gasteiger partial charge in [0.05, 0.1) is 23.1 Å². The molecule has 2 aromatic rings. The molecule has 2 N–H and O–H groups in total. The predicted octanol–water partition coefficient (Wildman–Crippen LogP) is 3.58. The average molecular weight is 476 g/mol. The number of nitrogens with zero attached hydrogens (tertiary/aromatic N) is 1. The van der Waals surface area contributed by atoms with Crippen molar-refractivity contribution < 1.29 is 30.8 Å². The van der Waals surface area contributed by atoms with E-state index < -0.39 is 39.2 Å². The fraction of sp³-hybridized carbons (Fsp3) is 0.158. The van der Waals surface area contributed by atoms with Gasteiger partial charge in [-0.25, -0.2) is 17.8 Å². The van der Waals surface area contributed by atoms with Crippen molar-refractivity contribution in [1.82, 2.24) is 10.3 Å². The van der Waals surface area contributed by atoms with Crippen LogP contribution in [0, 0.1) is 18.2 Å². The molecule has 6 nitrogen and oxygen atoms in total. The van der Waals surface area contributed by atoms with Crippen molar-refractivity contribution in [2.24, 2.45) is 0 Å². The highest BCUT2D eigenvalue weighted by Gasteiger charge is 2.33. The number of aromatic nitrogens is 1. The number of benzene rings is 1. The number of pyridine rings is 1. The van der Waals surface area contributed by atoms with E-state index in [1.165, 1.54) is 6.07 Å². The van der Waals surface area contributed by atoms with Gasteiger partial charge in [-0.1, -0.05) is 17.5 Å². The van der Waals surface area contributed by atoms with Crippen molar-refractivity contribution in [3.05, 3.63) is 63.7 Å². The lowest BCUT2D eigenvalue weighted by molar-refractivity contribution is -0.137. The molecule has 1 heterocycles. The van der Waals surface area contributed by atoms with Crippen LogP contribution in [0.4, 0.5) is 23.2 Å². The highest BCUT2D eigenvalue weighted by Crippen LogP contribution is 2.33. The van der Waals surface area contributed by atoms with E-state index in [-0.39, 0.29) is 28.4 Å². The van der Waals surface area contributed by atoms with Crippen LogP contribution in [0.25, 0.3) is 6.08 Å². The predicted molar refractivity (Wildman–Crippen MR) is 108 cm³/mol. The van der Waals surface area contributed by atoms with Gasteiger partial charge in [0.2, 0.25) is 15.9 Å². The molecule has 0 atom stereocenters. The Hall–Kier alpha value is -3.10. The summed E-state index contributed by atoms with van der Waals surface area (Å²) >= 11 is 5.49. The Bertz CT molecular complexity index is 1190. The van der Waals surface area contributed by atoms with E-state index >= 15 is 0 Å². The Morgan fingerprint density at radius 2 is 2.00 bits per heavy atom. The highest BCUT2D eigenvalue weighted by atomic mass is 35.5. The third-order valence-electron chi connectivity index (χ3n) is 3.68. The fourth-order valence-electron chi connectivity index (χ4n) is 2.40. The molecule has 2 rings (SSSR count). The van der Waals surface area contributed by atoms with Crippen LogP contribution >= 0.6 is 11.6 Å². The molecule has 0 unspecified atom stereocenters. The summed E-state index contributed by atoms with van der Waals surface area (Å²) in [5.74, 6) is 0.411. The van der Waals surface area contributed by atoms with Crippen molar-refractivity contribution in [1.29, 1.82) is 0 Å². The van der Waals surface area contributed by atoms with Crippen LogP contribution < -0.4 is 10.0 Å². The number of hydrogen-bond acceptors (Lipinski definition) is 4. The smallest absolute Gasteiger partial charge is 0.348 e. The topological polar surface area (TPSA) is 88.2 Å². The van der Waals surface area contributed by atoms with Gasteiger partial charge < -0.3 is 5.32 Å². The Morgan fingerprint density at radius 1 is 1.32 bits per heavy atom. The molecule has 0 aliphatic carbocycles. The number of halogens is 5. The first-order valence-corrected chi connectivity index (χ1v) is 10.5. The van der Waals surface area contributed by atoms with E-state index in [0.29, 0.717) is 6.07 Å². The third kappa shape index (κ3) is 6.97. The van der Waals surface area contributed by atoms with Crippen LogP contribution in [0.15, 0.2) is 30.5 Å². The van der Waals surface area contributed by atoms with Gasteiger partial charge in [0.15, 0.2) is 0 Å². The van der Waals surface area contributed by atoms with Crippen LogP contribution in [0.3, 0.4) is 0 Å². The second kappa shape index (κ2) is 9.36. The summed E-state index contributed by atoms with van der Waals surface area (Å²) in [7, 11) is -3.78. The minimum Gasteiger partial charge on any atom is -0.348 e. The zero-order chi connectivity index (χ0) is 23.4.